The first-order valence-corrected chi connectivity index (χ1v) is 8.01. The molecule has 0 aromatic heterocycles. The SMILES string of the molecule is CCSCCCN1CC(C(=O)O)Cc2ccccc21. The van der Waals surface area contributed by atoms with Crippen molar-refractivity contribution in [3.05, 3.63) is 29.8 Å². The quantitative estimate of drug-likeness (QED) is 0.813. The summed E-state index contributed by atoms with van der Waals surface area (Å²) in [6, 6.07) is 8.19. The lowest BCUT2D eigenvalue weighted by Crippen LogP contribution is -2.39. The highest BCUT2D eigenvalue weighted by Gasteiger charge is 2.28. The Kier molecular flexibility index (Phi) is 5.14. The maximum absolute atomic E-state index is 11.3. The van der Waals surface area contributed by atoms with E-state index >= 15 is 0 Å². The number of hydrogen-bond donors (Lipinski definition) is 1. The van der Waals surface area contributed by atoms with Crippen molar-refractivity contribution in [1.82, 2.24) is 0 Å². The molecule has 0 spiro atoms. The van der Waals surface area contributed by atoms with E-state index in [0.29, 0.717) is 13.0 Å². The van der Waals surface area contributed by atoms with Gasteiger partial charge in [0.05, 0.1) is 5.92 Å². The van der Waals surface area contributed by atoms with Gasteiger partial charge in [-0.15, -0.1) is 0 Å². The first kappa shape index (κ1) is 14.3. The van der Waals surface area contributed by atoms with Crippen LogP contribution in [0.2, 0.25) is 0 Å². The lowest BCUT2D eigenvalue weighted by molar-refractivity contribution is -0.141. The van der Waals surface area contributed by atoms with Crippen LogP contribution in [-0.2, 0) is 11.2 Å². The van der Waals surface area contributed by atoms with Gasteiger partial charge in [-0.3, -0.25) is 4.79 Å². The van der Waals surface area contributed by atoms with Crippen LogP contribution in [0.25, 0.3) is 0 Å². The molecule has 0 fully saturated rings. The summed E-state index contributed by atoms with van der Waals surface area (Å²) < 4.78 is 0. The van der Waals surface area contributed by atoms with Crippen molar-refractivity contribution < 1.29 is 9.90 Å². The van der Waals surface area contributed by atoms with E-state index in [1.54, 1.807) is 0 Å². The highest BCUT2D eigenvalue weighted by molar-refractivity contribution is 7.99. The summed E-state index contributed by atoms with van der Waals surface area (Å²) in [6.45, 7) is 3.76. The van der Waals surface area contributed by atoms with Gasteiger partial charge in [0.15, 0.2) is 0 Å². The lowest BCUT2D eigenvalue weighted by atomic mass is 9.92. The zero-order valence-corrected chi connectivity index (χ0v) is 12.2. The van der Waals surface area contributed by atoms with Crippen molar-refractivity contribution in [1.29, 1.82) is 0 Å². The first-order chi connectivity index (χ1) is 9.22. The Morgan fingerprint density at radius 2 is 2.26 bits per heavy atom. The molecule has 1 atom stereocenters. The molecular weight excluding hydrogens is 258 g/mol. The second-order valence-electron chi connectivity index (χ2n) is 4.86. The zero-order valence-electron chi connectivity index (χ0n) is 11.3. The summed E-state index contributed by atoms with van der Waals surface area (Å²) in [6.07, 6.45) is 1.77. The van der Waals surface area contributed by atoms with Gasteiger partial charge in [-0.05, 0) is 36.0 Å². The number of para-hydroxylation sites is 1. The molecule has 0 saturated heterocycles. The second kappa shape index (κ2) is 6.85. The summed E-state index contributed by atoms with van der Waals surface area (Å²) in [4.78, 5) is 13.5. The molecule has 0 bridgehead atoms. The van der Waals surface area contributed by atoms with Crippen LogP contribution in [-0.4, -0.2) is 35.7 Å². The van der Waals surface area contributed by atoms with Crippen LogP contribution < -0.4 is 4.90 Å². The van der Waals surface area contributed by atoms with Gasteiger partial charge in [-0.25, -0.2) is 0 Å². The number of anilines is 1. The number of thioether (sulfide) groups is 1. The van der Waals surface area contributed by atoms with Gasteiger partial charge in [0.2, 0.25) is 0 Å². The fourth-order valence-corrected chi connectivity index (χ4v) is 3.19. The molecule has 1 unspecified atom stereocenters. The number of fused-ring (bicyclic) bond motifs is 1. The topological polar surface area (TPSA) is 40.5 Å². The molecule has 0 radical (unpaired) electrons. The minimum Gasteiger partial charge on any atom is -0.481 e. The van der Waals surface area contributed by atoms with Crippen LogP contribution in [0.4, 0.5) is 5.69 Å². The maximum atomic E-state index is 11.3. The highest BCUT2D eigenvalue weighted by Crippen LogP contribution is 2.29. The molecule has 19 heavy (non-hydrogen) atoms. The van der Waals surface area contributed by atoms with Crippen LogP contribution in [0.15, 0.2) is 24.3 Å². The van der Waals surface area contributed by atoms with Gasteiger partial charge in [0.1, 0.15) is 0 Å². The molecule has 3 nitrogen and oxygen atoms in total. The molecule has 2 rings (SSSR count). The minimum atomic E-state index is -0.678. The van der Waals surface area contributed by atoms with E-state index < -0.39 is 5.97 Å². The number of hydrogen-bond acceptors (Lipinski definition) is 3. The van der Waals surface area contributed by atoms with E-state index in [1.807, 2.05) is 23.9 Å². The molecule has 0 saturated carbocycles. The number of aliphatic carboxylic acids is 1. The number of carboxylic acids is 1. The van der Waals surface area contributed by atoms with E-state index in [4.69, 9.17) is 0 Å². The molecule has 4 heteroatoms. The molecule has 0 aliphatic carbocycles. The molecule has 1 aliphatic rings. The Balaban J connectivity index is 2.06. The smallest absolute Gasteiger partial charge is 0.308 e. The number of carbonyl (C=O) groups is 1. The zero-order chi connectivity index (χ0) is 13.7. The molecule has 1 aromatic carbocycles. The Labute approximate surface area is 119 Å². The van der Waals surface area contributed by atoms with Crippen molar-refractivity contribution in [2.45, 2.75) is 19.8 Å². The summed E-state index contributed by atoms with van der Waals surface area (Å²) in [7, 11) is 0. The standard InChI is InChI=1S/C15H21NO2S/c1-2-19-9-5-8-16-11-13(15(17)18)10-12-6-3-4-7-14(12)16/h3-4,6-7,13H,2,5,8-11H2,1H3,(H,17,18). The van der Waals surface area contributed by atoms with E-state index in [-0.39, 0.29) is 5.92 Å². The van der Waals surface area contributed by atoms with Crippen LogP contribution in [0, 0.1) is 5.92 Å². The minimum absolute atomic E-state index is 0.270. The van der Waals surface area contributed by atoms with Gasteiger partial charge in [-0.2, -0.15) is 11.8 Å². The average Bonchev–Trinajstić information content (AvgIpc) is 2.43. The summed E-state index contributed by atoms with van der Waals surface area (Å²) >= 11 is 1.94. The molecular formula is C15H21NO2S. The van der Waals surface area contributed by atoms with Crippen molar-refractivity contribution in [3.8, 4) is 0 Å². The third-order valence-electron chi connectivity index (χ3n) is 3.51. The predicted octanol–water partition coefficient (Wildman–Crippen LogP) is 2.89. The normalized spacial score (nSPS) is 18.2. The van der Waals surface area contributed by atoms with Crippen molar-refractivity contribution in [3.63, 3.8) is 0 Å². The number of benzene rings is 1. The van der Waals surface area contributed by atoms with Gasteiger partial charge >= 0.3 is 5.97 Å². The van der Waals surface area contributed by atoms with E-state index in [9.17, 15) is 9.90 Å². The number of nitrogens with zero attached hydrogens (tertiary/aromatic N) is 1. The Morgan fingerprint density at radius 1 is 1.47 bits per heavy atom. The lowest BCUT2D eigenvalue weighted by Gasteiger charge is -2.34. The highest BCUT2D eigenvalue weighted by atomic mass is 32.2. The van der Waals surface area contributed by atoms with E-state index in [2.05, 4.69) is 24.0 Å². The largest absolute Gasteiger partial charge is 0.481 e. The number of carboxylic acid groups (broad SMARTS) is 1. The Bertz CT molecular complexity index is 436. The van der Waals surface area contributed by atoms with Crippen molar-refractivity contribution in [2.24, 2.45) is 5.92 Å². The van der Waals surface area contributed by atoms with Crippen LogP contribution in [0.5, 0.6) is 0 Å². The van der Waals surface area contributed by atoms with E-state index in [1.165, 1.54) is 11.3 Å². The van der Waals surface area contributed by atoms with Crippen molar-refractivity contribution in [2.75, 3.05) is 29.5 Å². The van der Waals surface area contributed by atoms with Gasteiger partial charge in [0.25, 0.3) is 0 Å². The predicted molar refractivity (Wildman–Crippen MR) is 81.1 cm³/mol. The third kappa shape index (κ3) is 3.66. The third-order valence-corrected chi connectivity index (χ3v) is 4.50. The molecule has 1 aliphatic heterocycles. The molecule has 104 valence electrons. The van der Waals surface area contributed by atoms with Crippen LogP contribution >= 0.6 is 11.8 Å². The average molecular weight is 279 g/mol. The van der Waals surface area contributed by atoms with Crippen LogP contribution in [0.1, 0.15) is 18.9 Å². The first-order valence-electron chi connectivity index (χ1n) is 6.85. The molecule has 0 amide bonds. The number of rotatable bonds is 6. The van der Waals surface area contributed by atoms with E-state index in [0.717, 1.165) is 24.5 Å². The molecule has 1 N–H and O–H groups in total. The summed E-state index contributed by atoms with van der Waals surface area (Å²) in [5.41, 5.74) is 2.39. The summed E-state index contributed by atoms with van der Waals surface area (Å²) in [5.74, 6) is 1.34. The monoisotopic (exact) mass is 279 g/mol. The van der Waals surface area contributed by atoms with Gasteiger partial charge in [0, 0.05) is 18.8 Å². The second-order valence-corrected chi connectivity index (χ2v) is 6.26. The fourth-order valence-electron chi connectivity index (χ4n) is 2.57. The maximum Gasteiger partial charge on any atom is 0.308 e. The molecule has 1 heterocycles. The van der Waals surface area contributed by atoms with Gasteiger partial charge in [-0.1, -0.05) is 25.1 Å². The summed E-state index contributed by atoms with van der Waals surface area (Å²) in [5, 5.41) is 9.26. The molecule has 1 aromatic rings. The van der Waals surface area contributed by atoms with Crippen molar-refractivity contribution >= 4 is 23.4 Å². The van der Waals surface area contributed by atoms with Crippen LogP contribution in [0.3, 0.4) is 0 Å². The Hall–Kier alpha value is -1.16. The van der Waals surface area contributed by atoms with Gasteiger partial charge < -0.3 is 10.0 Å². The fraction of sp³-hybridized carbons (Fsp3) is 0.533. The Morgan fingerprint density at radius 3 is 3.00 bits per heavy atom.